The van der Waals surface area contributed by atoms with Crippen molar-refractivity contribution in [2.45, 2.75) is 18.7 Å². The van der Waals surface area contributed by atoms with E-state index in [9.17, 15) is 13.2 Å². The highest BCUT2D eigenvalue weighted by molar-refractivity contribution is 7.92. The fourth-order valence-electron chi connectivity index (χ4n) is 1.77. The molecule has 2 rings (SSSR count). The number of rotatable bonds is 5. The van der Waals surface area contributed by atoms with Crippen LogP contribution in [-0.4, -0.2) is 25.2 Å². The number of H-pyrrole nitrogens is 1. The number of hydrogen-bond acceptors (Lipinski definition) is 5. The van der Waals surface area contributed by atoms with Gasteiger partial charge in [-0.05, 0) is 43.7 Å². The van der Waals surface area contributed by atoms with Gasteiger partial charge in [-0.25, -0.2) is 13.5 Å². The van der Waals surface area contributed by atoms with E-state index in [4.69, 9.17) is 4.74 Å². The Labute approximate surface area is 122 Å². The fraction of sp³-hybridized carbons (Fsp3) is 0.231. The summed E-state index contributed by atoms with van der Waals surface area (Å²) in [6.45, 7) is 4.03. The van der Waals surface area contributed by atoms with E-state index >= 15 is 0 Å². The number of sulfonamides is 1. The van der Waals surface area contributed by atoms with Gasteiger partial charge in [-0.1, -0.05) is 0 Å². The molecule has 0 fully saturated rings. The molecule has 0 aliphatic rings. The lowest BCUT2D eigenvalue weighted by Crippen LogP contribution is -2.17. The predicted octanol–water partition coefficient (Wildman–Crippen LogP) is 1.28. The Bertz CT molecular complexity index is 779. The van der Waals surface area contributed by atoms with Gasteiger partial charge in [0.05, 0.1) is 11.5 Å². The van der Waals surface area contributed by atoms with Crippen molar-refractivity contribution in [2.75, 3.05) is 11.3 Å². The van der Waals surface area contributed by atoms with E-state index in [1.807, 2.05) is 6.92 Å². The van der Waals surface area contributed by atoms with E-state index in [1.54, 1.807) is 19.1 Å². The first-order valence-corrected chi connectivity index (χ1v) is 7.72. The maximum Gasteiger partial charge on any atom is 0.264 e. The number of aromatic amines is 1. The summed E-state index contributed by atoms with van der Waals surface area (Å²) in [6, 6.07) is 7.19. The van der Waals surface area contributed by atoms with Crippen LogP contribution in [0.2, 0.25) is 0 Å². The van der Waals surface area contributed by atoms with Crippen LogP contribution in [0.1, 0.15) is 12.5 Å². The Morgan fingerprint density at radius 2 is 2.05 bits per heavy atom. The van der Waals surface area contributed by atoms with E-state index in [-0.39, 0.29) is 10.7 Å². The van der Waals surface area contributed by atoms with E-state index in [0.29, 0.717) is 17.9 Å². The summed E-state index contributed by atoms with van der Waals surface area (Å²) in [5, 5.41) is 5.78. The van der Waals surface area contributed by atoms with Crippen molar-refractivity contribution in [3.05, 3.63) is 46.2 Å². The van der Waals surface area contributed by atoms with Crippen LogP contribution < -0.4 is 15.0 Å². The highest BCUT2D eigenvalue weighted by Crippen LogP contribution is 2.22. The first-order valence-electron chi connectivity index (χ1n) is 6.24. The lowest BCUT2D eigenvalue weighted by Gasteiger charge is -2.11. The molecule has 0 aliphatic heterocycles. The number of hydrogen-bond donors (Lipinski definition) is 2. The van der Waals surface area contributed by atoms with E-state index in [2.05, 4.69) is 14.9 Å². The second-order valence-corrected chi connectivity index (χ2v) is 5.92. The second kappa shape index (κ2) is 5.96. The van der Waals surface area contributed by atoms with Gasteiger partial charge < -0.3 is 4.74 Å². The van der Waals surface area contributed by atoms with Gasteiger partial charge >= 0.3 is 0 Å². The number of nitrogens with one attached hydrogen (secondary N) is 2. The summed E-state index contributed by atoms with van der Waals surface area (Å²) >= 11 is 0. The van der Waals surface area contributed by atoms with Gasteiger partial charge in [0.1, 0.15) is 5.75 Å². The molecule has 7 nitrogen and oxygen atoms in total. The van der Waals surface area contributed by atoms with Gasteiger partial charge in [-0.15, -0.1) is 0 Å². The number of nitrogens with zero attached hydrogens (tertiary/aromatic N) is 1. The van der Waals surface area contributed by atoms with Crippen molar-refractivity contribution >= 4 is 15.8 Å². The summed E-state index contributed by atoms with van der Waals surface area (Å²) in [7, 11) is -3.78. The highest BCUT2D eigenvalue weighted by atomic mass is 32.2. The summed E-state index contributed by atoms with van der Waals surface area (Å²) in [5.41, 5.74) is 0.146. The normalized spacial score (nSPS) is 11.1. The zero-order valence-electron chi connectivity index (χ0n) is 11.6. The molecule has 0 aliphatic carbocycles. The van der Waals surface area contributed by atoms with Crippen molar-refractivity contribution in [3.8, 4) is 5.75 Å². The quantitative estimate of drug-likeness (QED) is 0.866. The van der Waals surface area contributed by atoms with Gasteiger partial charge in [-0.2, -0.15) is 5.10 Å². The molecule has 0 radical (unpaired) electrons. The molecule has 8 heteroatoms. The molecule has 1 aromatic carbocycles. The highest BCUT2D eigenvalue weighted by Gasteiger charge is 2.18. The molecule has 112 valence electrons. The number of ether oxygens (including phenoxy) is 1. The third-order valence-electron chi connectivity index (χ3n) is 2.66. The van der Waals surface area contributed by atoms with Gasteiger partial charge in [-0.3, -0.25) is 9.52 Å². The fourth-order valence-corrected chi connectivity index (χ4v) is 3.00. The average molecular weight is 309 g/mol. The average Bonchev–Trinajstić information content (AvgIpc) is 2.41. The molecule has 1 heterocycles. The van der Waals surface area contributed by atoms with Crippen molar-refractivity contribution in [2.24, 2.45) is 0 Å². The molecular formula is C13H15N3O4S. The van der Waals surface area contributed by atoms with Crippen LogP contribution in [-0.2, 0) is 10.0 Å². The molecule has 1 aromatic heterocycles. The standard InChI is InChI=1S/C13H15N3O4S/c1-3-20-10-4-5-11(9(2)8-10)21(18,19)16-12-6-7-13(17)15-14-12/h4-8H,3H2,1-2H3,(H,14,16)(H,15,17). The summed E-state index contributed by atoms with van der Waals surface area (Å²) in [5.74, 6) is 0.652. The monoisotopic (exact) mass is 309 g/mol. The third kappa shape index (κ3) is 3.60. The molecule has 0 amide bonds. The van der Waals surface area contributed by atoms with Gasteiger partial charge in [0.25, 0.3) is 15.6 Å². The van der Waals surface area contributed by atoms with Crippen molar-refractivity contribution < 1.29 is 13.2 Å². The Hall–Kier alpha value is -2.35. The zero-order valence-corrected chi connectivity index (χ0v) is 12.4. The molecule has 0 atom stereocenters. The Balaban J connectivity index is 2.31. The van der Waals surface area contributed by atoms with Crippen molar-refractivity contribution in [1.82, 2.24) is 10.2 Å². The van der Waals surface area contributed by atoms with E-state index in [0.717, 1.165) is 0 Å². The molecule has 0 saturated heterocycles. The molecule has 0 bridgehead atoms. The summed E-state index contributed by atoms with van der Waals surface area (Å²) < 4.78 is 32.2. The molecule has 21 heavy (non-hydrogen) atoms. The third-order valence-corrected chi connectivity index (χ3v) is 4.18. The van der Waals surface area contributed by atoms with Crippen LogP contribution >= 0.6 is 0 Å². The maximum absolute atomic E-state index is 12.3. The predicted molar refractivity (Wildman–Crippen MR) is 78.0 cm³/mol. The van der Waals surface area contributed by atoms with Gasteiger partial charge in [0.15, 0.2) is 5.82 Å². The Kier molecular flexibility index (Phi) is 4.27. The SMILES string of the molecule is CCOc1ccc(S(=O)(=O)Nc2ccc(=O)[nH]n2)c(C)c1. The Morgan fingerprint density at radius 3 is 2.62 bits per heavy atom. The molecule has 0 spiro atoms. The van der Waals surface area contributed by atoms with Crippen molar-refractivity contribution in [1.29, 1.82) is 0 Å². The topological polar surface area (TPSA) is 101 Å². The van der Waals surface area contributed by atoms with Gasteiger partial charge in [0.2, 0.25) is 0 Å². The second-order valence-electron chi connectivity index (χ2n) is 4.27. The van der Waals surface area contributed by atoms with Gasteiger partial charge in [0, 0.05) is 6.07 Å². The minimum absolute atomic E-state index is 0.0443. The summed E-state index contributed by atoms with van der Waals surface area (Å²) in [6.07, 6.45) is 0. The smallest absolute Gasteiger partial charge is 0.264 e. The van der Waals surface area contributed by atoms with E-state index < -0.39 is 15.6 Å². The molecule has 0 unspecified atom stereocenters. The first-order chi connectivity index (χ1) is 9.92. The maximum atomic E-state index is 12.3. The summed E-state index contributed by atoms with van der Waals surface area (Å²) in [4.78, 5) is 11.0. The van der Waals surface area contributed by atoms with Crippen LogP contribution in [0.25, 0.3) is 0 Å². The largest absolute Gasteiger partial charge is 0.494 e. The van der Waals surface area contributed by atoms with E-state index in [1.165, 1.54) is 18.2 Å². The number of aromatic nitrogens is 2. The minimum Gasteiger partial charge on any atom is -0.494 e. The minimum atomic E-state index is -3.78. The number of anilines is 1. The molecule has 0 saturated carbocycles. The van der Waals surface area contributed by atoms with Crippen LogP contribution in [0.15, 0.2) is 40.0 Å². The van der Waals surface area contributed by atoms with Crippen molar-refractivity contribution in [3.63, 3.8) is 0 Å². The molecule has 2 aromatic rings. The zero-order chi connectivity index (χ0) is 15.5. The van der Waals surface area contributed by atoms with Crippen LogP contribution in [0.5, 0.6) is 5.75 Å². The van der Waals surface area contributed by atoms with Crippen LogP contribution in [0, 0.1) is 6.92 Å². The van der Waals surface area contributed by atoms with Crippen LogP contribution in [0.3, 0.4) is 0 Å². The molecule has 2 N–H and O–H groups in total. The first kappa shape index (κ1) is 15.0. The number of aryl methyl sites for hydroxylation is 1. The molecular weight excluding hydrogens is 294 g/mol. The Morgan fingerprint density at radius 1 is 1.29 bits per heavy atom. The van der Waals surface area contributed by atoms with Crippen LogP contribution in [0.4, 0.5) is 5.82 Å². The lowest BCUT2D eigenvalue weighted by atomic mass is 10.2. The lowest BCUT2D eigenvalue weighted by molar-refractivity contribution is 0.340. The number of benzene rings is 1.